The highest BCUT2D eigenvalue weighted by atomic mass is 35.5. The molecular weight excluding hydrogens is 320 g/mol. The summed E-state index contributed by atoms with van der Waals surface area (Å²) < 4.78 is 6.58. The fraction of sp³-hybridized carbons (Fsp3) is 0.300. The monoisotopic (exact) mass is 342 g/mol. The molecule has 0 radical (unpaired) electrons. The highest BCUT2D eigenvalue weighted by Crippen LogP contribution is 2.36. The molecule has 0 fully saturated rings. The summed E-state index contributed by atoms with van der Waals surface area (Å²) in [4.78, 5) is 0. The first-order chi connectivity index (χ1) is 11.0. The highest BCUT2D eigenvalue weighted by Gasteiger charge is 2.49. The summed E-state index contributed by atoms with van der Waals surface area (Å²) in [5.41, 5.74) is 0. The van der Waals surface area contributed by atoms with Crippen molar-refractivity contribution in [3.8, 4) is 11.8 Å². The average molecular weight is 343 g/mol. The van der Waals surface area contributed by atoms with Crippen molar-refractivity contribution in [1.29, 1.82) is 0 Å². The van der Waals surface area contributed by atoms with Crippen molar-refractivity contribution in [1.82, 2.24) is 0 Å². The molecule has 2 aromatic carbocycles. The molecule has 0 aliphatic carbocycles. The number of hydrogen-bond donors (Lipinski definition) is 0. The van der Waals surface area contributed by atoms with Gasteiger partial charge in [0.05, 0.1) is 12.5 Å². The lowest BCUT2D eigenvalue weighted by atomic mass is 10.2. The minimum atomic E-state index is -2.44. The van der Waals surface area contributed by atoms with Crippen LogP contribution in [0, 0.1) is 11.8 Å². The summed E-state index contributed by atoms with van der Waals surface area (Å²) >= 11 is 5.66. The van der Waals surface area contributed by atoms with Crippen LogP contribution in [0.15, 0.2) is 60.7 Å². The number of benzene rings is 2. The molecule has 0 unspecified atom stereocenters. The Morgan fingerprint density at radius 3 is 1.74 bits per heavy atom. The fourth-order valence-electron chi connectivity index (χ4n) is 3.00. The van der Waals surface area contributed by atoms with Gasteiger partial charge in [-0.1, -0.05) is 93.3 Å². The molecule has 0 aliphatic heterocycles. The van der Waals surface area contributed by atoms with Gasteiger partial charge in [0.2, 0.25) is 0 Å². The van der Waals surface area contributed by atoms with Gasteiger partial charge in [-0.15, -0.1) is 11.6 Å². The fourth-order valence-corrected chi connectivity index (χ4v) is 7.54. The molecule has 2 aromatic rings. The van der Waals surface area contributed by atoms with Crippen LogP contribution in [-0.4, -0.2) is 20.8 Å². The first-order valence-electron chi connectivity index (χ1n) is 7.79. The van der Waals surface area contributed by atoms with Gasteiger partial charge in [-0.3, -0.25) is 0 Å². The van der Waals surface area contributed by atoms with E-state index in [2.05, 4.69) is 81.1 Å². The molecule has 23 heavy (non-hydrogen) atoms. The summed E-state index contributed by atoms with van der Waals surface area (Å²) in [5, 5.41) is 2.52. The molecule has 0 spiro atoms. The number of rotatable bonds is 4. The molecule has 3 heteroatoms. The molecule has 0 amide bonds. The maximum atomic E-state index is 6.58. The third-order valence-electron chi connectivity index (χ3n) is 3.97. The SMILES string of the molecule is CC(C)(C)[Si](OCC#CCCl)(c1ccccc1)c1ccccc1. The molecule has 2 rings (SSSR count). The smallest absolute Gasteiger partial charge is 0.262 e. The lowest BCUT2D eigenvalue weighted by molar-refractivity contribution is 0.346. The largest absolute Gasteiger partial charge is 0.396 e. The Hall–Kier alpha value is -1.53. The molecule has 0 saturated heterocycles. The maximum absolute atomic E-state index is 6.58. The summed E-state index contributed by atoms with van der Waals surface area (Å²) in [6.07, 6.45) is 0. The first kappa shape index (κ1) is 17.8. The van der Waals surface area contributed by atoms with Crippen LogP contribution in [0.5, 0.6) is 0 Å². The van der Waals surface area contributed by atoms with E-state index >= 15 is 0 Å². The standard InChI is InChI=1S/C20H23ClOSi/c1-20(2,3)23(22-17-11-10-16-21,18-12-6-4-7-13-18)19-14-8-5-9-15-19/h4-9,12-15H,16-17H2,1-3H3. The quantitative estimate of drug-likeness (QED) is 0.466. The molecule has 0 heterocycles. The van der Waals surface area contributed by atoms with Crippen LogP contribution in [0.2, 0.25) is 5.04 Å². The van der Waals surface area contributed by atoms with Crippen LogP contribution in [-0.2, 0) is 4.43 Å². The Bertz CT molecular complexity index is 626. The zero-order valence-corrected chi connectivity index (χ0v) is 15.7. The normalized spacial score (nSPS) is 11.7. The second kappa shape index (κ2) is 7.83. The van der Waals surface area contributed by atoms with Gasteiger partial charge >= 0.3 is 0 Å². The molecule has 0 aliphatic rings. The van der Waals surface area contributed by atoms with E-state index < -0.39 is 8.32 Å². The predicted molar refractivity (Wildman–Crippen MR) is 102 cm³/mol. The summed E-state index contributed by atoms with van der Waals surface area (Å²) in [5.74, 6) is 6.26. The third kappa shape index (κ3) is 3.87. The lowest BCUT2D eigenvalue weighted by Crippen LogP contribution is -2.66. The first-order valence-corrected chi connectivity index (χ1v) is 10.2. The molecule has 0 bridgehead atoms. The van der Waals surface area contributed by atoms with E-state index in [0.717, 1.165) is 0 Å². The van der Waals surface area contributed by atoms with Gasteiger partial charge in [-0.05, 0) is 15.4 Å². The van der Waals surface area contributed by atoms with Crippen molar-refractivity contribution in [2.75, 3.05) is 12.5 Å². The molecule has 120 valence electrons. The van der Waals surface area contributed by atoms with Crippen LogP contribution < -0.4 is 10.4 Å². The lowest BCUT2D eigenvalue weighted by Gasteiger charge is -2.42. The van der Waals surface area contributed by atoms with Crippen molar-refractivity contribution >= 4 is 30.3 Å². The highest BCUT2D eigenvalue weighted by molar-refractivity contribution is 6.99. The summed E-state index contributed by atoms with van der Waals surface area (Å²) in [6.45, 7) is 7.18. The Morgan fingerprint density at radius 1 is 0.870 bits per heavy atom. The maximum Gasteiger partial charge on any atom is 0.262 e. The Labute approximate surface area is 145 Å². The van der Waals surface area contributed by atoms with Crippen molar-refractivity contribution < 1.29 is 4.43 Å². The molecule has 0 aromatic heterocycles. The van der Waals surface area contributed by atoms with E-state index in [1.807, 2.05) is 12.1 Å². The van der Waals surface area contributed by atoms with E-state index in [0.29, 0.717) is 12.5 Å². The van der Waals surface area contributed by atoms with Gasteiger partial charge < -0.3 is 4.43 Å². The van der Waals surface area contributed by atoms with Crippen LogP contribution >= 0.6 is 11.6 Å². The average Bonchev–Trinajstić information content (AvgIpc) is 2.55. The van der Waals surface area contributed by atoms with Gasteiger partial charge in [0, 0.05) is 0 Å². The number of hydrogen-bond acceptors (Lipinski definition) is 1. The second-order valence-electron chi connectivity index (χ2n) is 6.44. The van der Waals surface area contributed by atoms with E-state index in [9.17, 15) is 0 Å². The molecule has 1 nitrogen and oxygen atoms in total. The van der Waals surface area contributed by atoms with Gasteiger partial charge in [0.1, 0.15) is 0 Å². The van der Waals surface area contributed by atoms with Gasteiger partial charge in [-0.2, -0.15) is 0 Å². The van der Waals surface area contributed by atoms with Gasteiger partial charge in [0.25, 0.3) is 8.32 Å². The van der Waals surface area contributed by atoms with Gasteiger partial charge in [-0.25, -0.2) is 0 Å². The molecule has 0 N–H and O–H groups in total. The van der Waals surface area contributed by atoms with E-state index in [1.54, 1.807) is 0 Å². The Kier molecular flexibility index (Phi) is 6.07. The Morgan fingerprint density at radius 2 is 1.35 bits per heavy atom. The zero-order valence-electron chi connectivity index (χ0n) is 14.0. The van der Waals surface area contributed by atoms with E-state index in [4.69, 9.17) is 16.0 Å². The van der Waals surface area contributed by atoms with Crippen molar-refractivity contribution in [2.45, 2.75) is 25.8 Å². The van der Waals surface area contributed by atoms with E-state index in [1.165, 1.54) is 10.4 Å². The Balaban J connectivity index is 2.59. The third-order valence-corrected chi connectivity index (χ3v) is 9.09. The van der Waals surface area contributed by atoms with Crippen LogP contribution in [0.1, 0.15) is 20.8 Å². The van der Waals surface area contributed by atoms with Crippen molar-refractivity contribution in [2.24, 2.45) is 0 Å². The van der Waals surface area contributed by atoms with Gasteiger partial charge in [0.15, 0.2) is 0 Å². The minimum Gasteiger partial charge on any atom is -0.396 e. The number of halogens is 1. The minimum absolute atomic E-state index is 0.0155. The van der Waals surface area contributed by atoms with Crippen LogP contribution in [0.25, 0.3) is 0 Å². The van der Waals surface area contributed by atoms with Crippen LogP contribution in [0.3, 0.4) is 0 Å². The summed E-state index contributed by atoms with van der Waals surface area (Å²) in [7, 11) is -2.44. The van der Waals surface area contributed by atoms with Crippen molar-refractivity contribution in [3.63, 3.8) is 0 Å². The second-order valence-corrected chi connectivity index (χ2v) is 11.0. The summed E-state index contributed by atoms with van der Waals surface area (Å²) in [6, 6.07) is 21.1. The molecule has 0 saturated carbocycles. The van der Waals surface area contributed by atoms with Crippen molar-refractivity contribution in [3.05, 3.63) is 60.7 Å². The number of alkyl halides is 1. The topological polar surface area (TPSA) is 9.23 Å². The van der Waals surface area contributed by atoms with E-state index in [-0.39, 0.29) is 5.04 Å². The predicted octanol–water partition coefficient (Wildman–Crippen LogP) is 3.81. The molecular formula is C20H23ClOSi. The molecule has 0 atom stereocenters. The van der Waals surface area contributed by atoms with Crippen LogP contribution in [0.4, 0.5) is 0 Å². The zero-order chi connectivity index (χ0) is 16.8.